The minimum atomic E-state index is -0.678. The summed E-state index contributed by atoms with van der Waals surface area (Å²) in [6.07, 6.45) is 4.42. The van der Waals surface area contributed by atoms with Gasteiger partial charge in [0.2, 0.25) is 11.9 Å². The third-order valence-electron chi connectivity index (χ3n) is 6.59. The van der Waals surface area contributed by atoms with Crippen LogP contribution in [0.15, 0.2) is 61.4 Å². The molecule has 1 fully saturated rings. The third kappa shape index (κ3) is 6.24. The van der Waals surface area contributed by atoms with Gasteiger partial charge in [-0.2, -0.15) is 4.98 Å². The fraction of sp³-hybridized carbons (Fsp3) is 0.241. The number of morpholine rings is 1. The van der Waals surface area contributed by atoms with Gasteiger partial charge in [0, 0.05) is 43.8 Å². The molecule has 2 amide bonds. The lowest BCUT2D eigenvalue weighted by molar-refractivity contribution is -0.111. The van der Waals surface area contributed by atoms with Crippen molar-refractivity contribution in [3.63, 3.8) is 0 Å². The van der Waals surface area contributed by atoms with Crippen molar-refractivity contribution in [1.82, 2.24) is 14.4 Å². The van der Waals surface area contributed by atoms with Gasteiger partial charge in [0.15, 0.2) is 11.5 Å². The smallest absolute Gasteiger partial charge is 0.256 e. The zero-order chi connectivity index (χ0) is 29.6. The van der Waals surface area contributed by atoms with E-state index >= 15 is 0 Å². The molecule has 0 saturated carbocycles. The number of rotatable bonds is 11. The number of carbonyl (C=O) groups is 2. The van der Waals surface area contributed by atoms with Gasteiger partial charge in [-0.1, -0.05) is 24.2 Å². The Kier molecular flexibility index (Phi) is 8.74. The number of primary amides is 1. The van der Waals surface area contributed by atoms with E-state index in [9.17, 15) is 9.59 Å². The van der Waals surface area contributed by atoms with E-state index in [4.69, 9.17) is 31.8 Å². The molecule has 42 heavy (non-hydrogen) atoms. The van der Waals surface area contributed by atoms with Crippen LogP contribution in [0, 0.1) is 0 Å². The molecule has 2 aromatic carbocycles. The molecular formula is C29H31ClN8O4. The van der Waals surface area contributed by atoms with E-state index in [1.165, 1.54) is 6.08 Å². The first-order valence-corrected chi connectivity index (χ1v) is 13.7. The highest BCUT2D eigenvalue weighted by molar-refractivity contribution is 6.33. The molecule has 0 unspecified atom stereocenters. The number of halogens is 1. The van der Waals surface area contributed by atoms with Crippen LogP contribution >= 0.6 is 11.6 Å². The molecule has 2 aromatic heterocycles. The summed E-state index contributed by atoms with van der Waals surface area (Å²) in [7, 11) is 0. The van der Waals surface area contributed by atoms with Gasteiger partial charge in [-0.3, -0.25) is 14.0 Å². The van der Waals surface area contributed by atoms with Gasteiger partial charge in [-0.05, 0) is 42.8 Å². The zero-order valence-electron chi connectivity index (χ0n) is 23.0. The summed E-state index contributed by atoms with van der Waals surface area (Å²) in [5.41, 5.74) is 9.18. The van der Waals surface area contributed by atoms with Crippen LogP contribution in [-0.2, 0) is 16.1 Å². The maximum Gasteiger partial charge on any atom is 0.256 e. The normalized spacial score (nSPS) is 13.0. The number of ether oxygens (including phenoxy) is 2. The average Bonchev–Trinajstić information content (AvgIpc) is 3.48. The van der Waals surface area contributed by atoms with Crippen LogP contribution < -0.4 is 31.3 Å². The van der Waals surface area contributed by atoms with Crippen LogP contribution in [0.2, 0.25) is 5.02 Å². The number of carbonyl (C=O) groups excluding carboxylic acids is 2. The Bertz CT molecular complexity index is 1630. The number of nitrogens with two attached hydrogens (primary N) is 1. The number of hydrogen-bond acceptors (Lipinski definition) is 9. The van der Waals surface area contributed by atoms with E-state index in [0.29, 0.717) is 60.1 Å². The van der Waals surface area contributed by atoms with Crippen molar-refractivity contribution >= 4 is 57.9 Å². The zero-order valence-corrected chi connectivity index (χ0v) is 23.8. The SMILES string of the molecule is C=CC(=O)Nc1cc(CNc2nc(Nc3ccc(N4CCOCC4)c(OCC)c3)c(C(N)=O)c3nccn23)ccc1Cl. The molecule has 5 rings (SSSR count). The first-order valence-electron chi connectivity index (χ1n) is 13.4. The summed E-state index contributed by atoms with van der Waals surface area (Å²) in [6.45, 7) is 9.05. The van der Waals surface area contributed by atoms with Crippen LogP contribution in [0.3, 0.4) is 0 Å². The average molecular weight is 591 g/mol. The third-order valence-corrected chi connectivity index (χ3v) is 6.92. The highest BCUT2D eigenvalue weighted by atomic mass is 35.5. The van der Waals surface area contributed by atoms with Crippen molar-refractivity contribution < 1.29 is 19.1 Å². The van der Waals surface area contributed by atoms with Crippen LogP contribution in [0.25, 0.3) is 5.65 Å². The summed E-state index contributed by atoms with van der Waals surface area (Å²) >= 11 is 6.24. The van der Waals surface area contributed by atoms with Gasteiger partial charge < -0.3 is 36.1 Å². The Labute approximate surface area is 247 Å². The fourth-order valence-corrected chi connectivity index (χ4v) is 4.80. The Morgan fingerprint density at radius 2 is 2.02 bits per heavy atom. The Morgan fingerprint density at radius 1 is 1.21 bits per heavy atom. The summed E-state index contributed by atoms with van der Waals surface area (Å²) in [5, 5.41) is 9.61. The lowest BCUT2D eigenvalue weighted by Crippen LogP contribution is -2.36. The molecule has 0 spiro atoms. The second-order valence-electron chi connectivity index (χ2n) is 9.35. The molecule has 1 aliphatic heterocycles. The van der Waals surface area contributed by atoms with Gasteiger partial charge in [-0.25, -0.2) is 4.98 Å². The number of aromatic nitrogens is 3. The van der Waals surface area contributed by atoms with Crippen LogP contribution in [0.5, 0.6) is 5.75 Å². The Morgan fingerprint density at radius 3 is 2.76 bits per heavy atom. The minimum Gasteiger partial charge on any atom is -0.492 e. The number of anilines is 5. The van der Waals surface area contributed by atoms with E-state index in [1.807, 2.05) is 31.2 Å². The van der Waals surface area contributed by atoms with E-state index < -0.39 is 5.91 Å². The van der Waals surface area contributed by atoms with Crippen molar-refractivity contribution in [2.24, 2.45) is 5.73 Å². The molecule has 0 aliphatic carbocycles. The maximum absolute atomic E-state index is 12.6. The molecule has 3 heterocycles. The molecule has 4 aromatic rings. The summed E-state index contributed by atoms with van der Waals surface area (Å²) in [5.74, 6) is 0.305. The van der Waals surface area contributed by atoms with Gasteiger partial charge >= 0.3 is 0 Å². The minimum absolute atomic E-state index is 0.140. The Hall–Kier alpha value is -4.81. The predicted octanol–water partition coefficient (Wildman–Crippen LogP) is 4.20. The first kappa shape index (κ1) is 28.7. The van der Waals surface area contributed by atoms with E-state index in [0.717, 1.165) is 24.3 Å². The molecule has 218 valence electrons. The van der Waals surface area contributed by atoms with Gasteiger partial charge in [0.1, 0.15) is 11.3 Å². The molecule has 0 radical (unpaired) electrons. The van der Waals surface area contributed by atoms with Crippen molar-refractivity contribution in [3.05, 3.63) is 77.6 Å². The van der Waals surface area contributed by atoms with Crippen molar-refractivity contribution in [3.8, 4) is 5.75 Å². The number of imidazole rings is 1. The number of amides is 2. The maximum atomic E-state index is 12.6. The number of nitrogens with one attached hydrogen (secondary N) is 3. The van der Waals surface area contributed by atoms with Crippen molar-refractivity contribution in [1.29, 1.82) is 0 Å². The fourth-order valence-electron chi connectivity index (χ4n) is 4.63. The number of hydrogen-bond donors (Lipinski definition) is 4. The standard InChI is InChI=1S/C29H31ClN8O4/c1-3-24(39)35-21-15-18(5-7-20(21)30)17-33-29-36-27(25(26(31)40)28-32-9-10-38(28)29)34-19-6-8-22(23(16-19)42-4-2)37-11-13-41-14-12-37/h3,5-10,15-16,34H,1,4,11-14,17H2,2H3,(H2,31,40)(H,33,36)(H,35,39). The van der Waals surface area contributed by atoms with E-state index in [2.05, 4.69) is 32.4 Å². The molecule has 13 heteroatoms. The van der Waals surface area contributed by atoms with Crippen LogP contribution in [0.1, 0.15) is 22.8 Å². The van der Waals surface area contributed by atoms with Gasteiger partial charge in [-0.15, -0.1) is 0 Å². The molecule has 1 aliphatic rings. The summed E-state index contributed by atoms with van der Waals surface area (Å²) < 4.78 is 13.1. The highest BCUT2D eigenvalue weighted by Gasteiger charge is 2.21. The Balaban J connectivity index is 1.46. The van der Waals surface area contributed by atoms with Crippen LogP contribution in [0.4, 0.5) is 28.8 Å². The summed E-state index contributed by atoms with van der Waals surface area (Å²) in [4.78, 5) is 35.7. The molecule has 0 atom stereocenters. The molecule has 0 bridgehead atoms. The summed E-state index contributed by atoms with van der Waals surface area (Å²) in [6, 6.07) is 11.0. The molecular weight excluding hydrogens is 560 g/mol. The van der Waals surface area contributed by atoms with Crippen LogP contribution in [-0.4, -0.2) is 59.1 Å². The highest BCUT2D eigenvalue weighted by Crippen LogP contribution is 2.34. The quantitative estimate of drug-likeness (QED) is 0.189. The molecule has 5 N–H and O–H groups in total. The van der Waals surface area contributed by atoms with Crippen molar-refractivity contribution in [2.45, 2.75) is 13.5 Å². The van der Waals surface area contributed by atoms with Gasteiger partial charge in [0.25, 0.3) is 5.91 Å². The van der Waals surface area contributed by atoms with Gasteiger partial charge in [0.05, 0.1) is 36.2 Å². The van der Waals surface area contributed by atoms with E-state index in [1.54, 1.807) is 28.9 Å². The predicted molar refractivity (Wildman–Crippen MR) is 163 cm³/mol. The topological polar surface area (TPSA) is 148 Å². The lowest BCUT2D eigenvalue weighted by Gasteiger charge is -2.30. The number of nitrogens with zero attached hydrogens (tertiary/aromatic N) is 4. The lowest BCUT2D eigenvalue weighted by atomic mass is 10.2. The molecule has 1 saturated heterocycles. The first-order chi connectivity index (χ1) is 20.4. The second-order valence-corrected chi connectivity index (χ2v) is 9.75. The monoisotopic (exact) mass is 590 g/mol. The second kappa shape index (κ2) is 12.8. The van der Waals surface area contributed by atoms with Crippen molar-refractivity contribution in [2.75, 3.05) is 53.8 Å². The number of fused-ring (bicyclic) bond motifs is 1. The molecule has 12 nitrogen and oxygen atoms in total. The number of benzene rings is 2. The van der Waals surface area contributed by atoms with E-state index in [-0.39, 0.29) is 17.3 Å². The largest absolute Gasteiger partial charge is 0.492 e.